The number of methoxy groups -OCH3 is 5. The molecule has 0 saturated carbocycles. The summed E-state index contributed by atoms with van der Waals surface area (Å²) in [6, 6.07) is 10.0. The van der Waals surface area contributed by atoms with Gasteiger partial charge in [0.1, 0.15) is 30.4 Å². The van der Waals surface area contributed by atoms with Gasteiger partial charge in [-0.2, -0.15) is 0 Å². The molecule has 246 valence electrons. The number of hydrogen-bond donors (Lipinski definition) is 0. The van der Waals surface area contributed by atoms with Gasteiger partial charge in [-0.25, -0.2) is 23.6 Å². The van der Waals surface area contributed by atoms with Crippen LogP contribution in [-0.2, 0) is 38.1 Å². The molecule has 2 aromatic rings. The largest absolute Gasteiger partial charge is 0.497 e. The topological polar surface area (TPSA) is 135 Å². The highest BCUT2D eigenvalue weighted by molar-refractivity contribution is 8.26. The van der Waals surface area contributed by atoms with E-state index in [2.05, 4.69) is 0 Å². The SMILES string of the molecule is COC(=O)C1=C(C(=O)OC)SC2(S1)C(C(=O)OC)=C(C(=O)OC)SC1=C2c2cc(OC)ccc2N(C(=O)c2ccc(F)cc2)C1(C)C. The molecule has 0 bridgehead atoms. The van der Waals surface area contributed by atoms with Crippen molar-refractivity contribution in [3.05, 3.63) is 84.6 Å². The second kappa shape index (κ2) is 12.8. The molecule has 11 nitrogen and oxygen atoms in total. The van der Waals surface area contributed by atoms with E-state index in [1.807, 2.05) is 0 Å². The van der Waals surface area contributed by atoms with Crippen LogP contribution in [0.5, 0.6) is 5.75 Å². The maximum atomic E-state index is 14.3. The van der Waals surface area contributed by atoms with Gasteiger partial charge in [0.25, 0.3) is 5.91 Å². The number of rotatable bonds is 6. The Bertz CT molecular complexity index is 1800. The number of esters is 4. The summed E-state index contributed by atoms with van der Waals surface area (Å²) in [6.07, 6.45) is 0. The lowest BCUT2D eigenvalue weighted by Crippen LogP contribution is -2.53. The summed E-state index contributed by atoms with van der Waals surface area (Å²) in [4.78, 5) is 69.4. The number of ether oxygens (including phenoxy) is 5. The Balaban J connectivity index is 1.90. The number of thioether (sulfide) groups is 3. The number of carbonyl (C=O) groups is 5. The van der Waals surface area contributed by atoms with Crippen LogP contribution in [-0.4, -0.2) is 75.0 Å². The van der Waals surface area contributed by atoms with Gasteiger partial charge in [-0.05, 0) is 56.3 Å². The summed E-state index contributed by atoms with van der Waals surface area (Å²) < 4.78 is 38.0. The number of fused-ring (bicyclic) bond motifs is 3. The van der Waals surface area contributed by atoms with Crippen molar-refractivity contribution in [2.45, 2.75) is 23.5 Å². The summed E-state index contributed by atoms with van der Waals surface area (Å²) in [5.41, 5.74) is -0.111. The van der Waals surface area contributed by atoms with E-state index in [1.165, 1.54) is 36.3 Å². The molecule has 3 heterocycles. The number of amides is 1. The van der Waals surface area contributed by atoms with Crippen molar-refractivity contribution in [1.29, 1.82) is 0 Å². The maximum absolute atomic E-state index is 14.3. The molecule has 0 saturated heterocycles. The zero-order valence-electron chi connectivity index (χ0n) is 26.2. The minimum Gasteiger partial charge on any atom is -0.497 e. The molecule has 0 unspecified atom stereocenters. The fraction of sp³-hybridized carbons (Fsp3) is 0.281. The fourth-order valence-electron chi connectivity index (χ4n) is 5.51. The first-order chi connectivity index (χ1) is 22.3. The predicted molar refractivity (Wildman–Crippen MR) is 175 cm³/mol. The third-order valence-corrected chi connectivity index (χ3v) is 12.3. The van der Waals surface area contributed by atoms with Crippen LogP contribution in [0.4, 0.5) is 10.1 Å². The van der Waals surface area contributed by atoms with Gasteiger partial charge in [-0.15, -0.1) is 0 Å². The van der Waals surface area contributed by atoms with Gasteiger partial charge in [0.05, 0.1) is 52.3 Å². The van der Waals surface area contributed by atoms with Crippen LogP contribution in [0, 0.1) is 5.82 Å². The van der Waals surface area contributed by atoms with Gasteiger partial charge in [-0.3, -0.25) is 9.69 Å². The number of carbonyl (C=O) groups excluding carboxylic acids is 5. The van der Waals surface area contributed by atoms with Crippen molar-refractivity contribution in [3.8, 4) is 5.75 Å². The molecule has 0 radical (unpaired) electrons. The van der Waals surface area contributed by atoms with Crippen LogP contribution in [0.2, 0.25) is 0 Å². The Morgan fingerprint density at radius 2 is 1.26 bits per heavy atom. The van der Waals surface area contributed by atoms with Crippen LogP contribution in [0.1, 0.15) is 29.8 Å². The molecular weight excluding hydrogens is 674 g/mol. The van der Waals surface area contributed by atoms with E-state index in [0.717, 1.165) is 63.7 Å². The van der Waals surface area contributed by atoms with Crippen molar-refractivity contribution in [2.75, 3.05) is 40.4 Å². The van der Waals surface area contributed by atoms with E-state index >= 15 is 0 Å². The third-order valence-electron chi connectivity index (χ3n) is 7.64. The summed E-state index contributed by atoms with van der Waals surface area (Å²) >= 11 is 2.54. The molecule has 5 rings (SSSR count). The molecule has 3 aliphatic heterocycles. The van der Waals surface area contributed by atoms with Gasteiger partial charge < -0.3 is 23.7 Å². The number of halogens is 1. The highest BCUT2D eigenvalue weighted by Crippen LogP contribution is 2.71. The van der Waals surface area contributed by atoms with E-state index in [0.29, 0.717) is 27.5 Å². The molecule has 0 atom stereocenters. The molecular formula is C32H28FNO10S3. The molecule has 47 heavy (non-hydrogen) atoms. The summed E-state index contributed by atoms with van der Waals surface area (Å²) in [5, 5.41) is 0. The Morgan fingerprint density at radius 1 is 0.723 bits per heavy atom. The van der Waals surface area contributed by atoms with Crippen LogP contribution in [0.3, 0.4) is 0 Å². The summed E-state index contributed by atoms with van der Waals surface area (Å²) in [7, 11) is 6.02. The van der Waals surface area contributed by atoms with Gasteiger partial charge in [0, 0.05) is 21.6 Å². The first kappa shape index (κ1) is 34.1. The Kier molecular flexibility index (Phi) is 9.27. The molecule has 1 amide bonds. The van der Waals surface area contributed by atoms with Crippen molar-refractivity contribution in [3.63, 3.8) is 0 Å². The molecule has 0 aromatic heterocycles. The Hall–Kier alpha value is -4.21. The number of hydrogen-bond acceptors (Lipinski definition) is 13. The lowest BCUT2D eigenvalue weighted by atomic mass is 9.83. The first-order valence-electron chi connectivity index (χ1n) is 13.7. The summed E-state index contributed by atoms with van der Waals surface area (Å²) in [5.74, 6) is -4.19. The molecule has 0 N–H and O–H groups in total. The molecule has 3 aliphatic rings. The van der Waals surface area contributed by atoms with Crippen molar-refractivity contribution >= 4 is 76.3 Å². The number of benzene rings is 2. The monoisotopic (exact) mass is 701 g/mol. The smallest absolute Gasteiger partial charge is 0.345 e. The van der Waals surface area contributed by atoms with E-state index in [1.54, 1.807) is 32.0 Å². The maximum Gasteiger partial charge on any atom is 0.345 e. The highest BCUT2D eigenvalue weighted by Gasteiger charge is 2.62. The third kappa shape index (κ3) is 5.39. The van der Waals surface area contributed by atoms with Crippen LogP contribution in [0.15, 0.2) is 67.7 Å². The lowest BCUT2D eigenvalue weighted by molar-refractivity contribution is -0.138. The van der Waals surface area contributed by atoms with Crippen molar-refractivity contribution in [1.82, 2.24) is 0 Å². The zero-order valence-corrected chi connectivity index (χ0v) is 28.6. The zero-order chi connectivity index (χ0) is 34.4. The van der Waals surface area contributed by atoms with E-state index < -0.39 is 45.2 Å². The predicted octanol–water partition coefficient (Wildman–Crippen LogP) is 5.07. The summed E-state index contributed by atoms with van der Waals surface area (Å²) in [6.45, 7) is 3.49. The van der Waals surface area contributed by atoms with E-state index in [-0.39, 0.29) is 25.9 Å². The van der Waals surface area contributed by atoms with Gasteiger partial charge in [0.15, 0.2) is 0 Å². The van der Waals surface area contributed by atoms with Crippen molar-refractivity contribution in [2.24, 2.45) is 0 Å². The fourth-order valence-corrected chi connectivity index (χ4v) is 10.6. The van der Waals surface area contributed by atoms with Crippen LogP contribution >= 0.6 is 35.3 Å². The van der Waals surface area contributed by atoms with E-state index in [9.17, 15) is 28.4 Å². The van der Waals surface area contributed by atoms with Gasteiger partial charge in [-0.1, -0.05) is 35.3 Å². The van der Waals surface area contributed by atoms with Gasteiger partial charge in [0.2, 0.25) is 0 Å². The molecule has 15 heteroatoms. The second-order valence-corrected chi connectivity index (χ2v) is 14.3. The molecule has 0 fully saturated rings. The Morgan fingerprint density at radius 3 is 1.77 bits per heavy atom. The molecule has 2 aromatic carbocycles. The Labute approximate surface area is 281 Å². The average Bonchev–Trinajstić information content (AvgIpc) is 3.46. The first-order valence-corrected chi connectivity index (χ1v) is 16.2. The highest BCUT2D eigenvalue weighted by atomic mass is 32.2. The van der Waals surface area contributed by atoms with Crippen LogP contribution < -0.4 is 9.64 Å². The lowest BCUT2D eigenvalue weighted by Gasteiger charge is -2.50. The normalized spacial score (nSPS) is 17.6. The average molecular weight is 702 g/mol. The minimum atomic E-state index is -1.74. The van der Waals surface area contributed by atoms with E-state index in [4.69, 9.17) is 23.7 Å². The standard InChI is InChI=1S/C32H28FNO10S3/c1-31(2)25-20(18-14-17(40-3)12-13-19(18)34(31)26(35)15-8-10-16(33)11-9-15)32(21(27(36)41-4)22(45-25)28(37)42-5)46-23(29(38)43-6)24(47-32)30(39)44-7/h8-14H,1-7H3. The molecule has 0 aliphatic carbocycles. The van der Waals surface area contributed by atoms with Crippen LogP contribution in [0.25, 0.3) is 5.57 Å². The molecule has 1 spiro atoms. The number of nitrogens with zero attached hydrogens (tertiary/aromatic N) is 1. The number of anilines is 1. The second-order valence-electron chi connectivity index (χ2n) is 10.5. The van der Waals surface area contributed by atoms with Crippen molar-refractivity contribution < 1.29 is 52.0 Å². The minimum absolute atomic E-state index is 0.166. The van der Waals surface area contributed by atoms with Gasteiger partial charge >= 0.3 is 23.9 Å². The quantitative estimate of drug-likeness (QED) is 0.294.